The molecule has 5 heteroatoms. The fourth-order valence-corrected chi connectivity index (χ4v) is 3.77. The highest BCUT2D eigenvalue weighted by atomic mass is 16.5. The van der Waals surface area contributed by atoms with Gasteiger partial charge in [-0.1, -0.05) is 56.9 Å². The lowest BCUT2D eigenvalue weighted by Gasteiger charge is -2.13. The van der Waals surface area contributed by atoms with Gasteiger partial charge in [-0.25, -0.2) is 9.59 Å². The number of pyridine rings is 1. The highest BCUT2D eigenvalue weighted by Gasteiger charge is 2.24. The number of benzene rings is 1. The molecule has 0 amide bonds. The van der Waals surface area contributed by atoms with Crippen molar-refractivity contribution in [1.82, 2.24) is 4.40 Å². The molecule has 0 atom stereocenters. The van der Waals surface area contributed by atoms with Gasteiger partial charge in [0.15, 0.2) is 0 Å². The Labute approximate surface area is 165 Å². The van der Waals surface area contributed by atoms with Crippen molar-refractivity contribution in [3.63, 3.8) is 0 Å². The van der Waals surface area contributed by atoms with Crippen LogP contribution >= 0.6 is 0 Å². The number of unbranched alkanes of at least 4 members (excludes halogenated alkanes) is 4. The van der Waals surface area contributed by atoms with Crippen molar-refractivity contribution in [3.05, 3.63) is 53.3 Å². The third-order valence-corrected chi connectivity index (χ3v) is 5.16. The van der Waals surface area contributed by atoms with Gasteiger partial charge < -0.3 is 13.9 Å². The number of hydrogen-bond donors (Lipinski definition) is 0. The summed E-state index contributed by atoms with van der Waals surface area (Å²) < 4.78 is 11.8. The fraction of sp³-hybridized carbons (Fsp3) is 0.391. The van der Waals surface area contributed by atoms with E-state index in [0.29, 0.717) is 16.8 Å². The molecule has 2 heterocycles. The van der Waals surface area contributed by atoms with Gasteiger partial charge in [0.2, 0.25) is 0 Å². The molecule has 5 nitrogen and oxygen atoms in total. The zero-order valence-corrected chi connectivity index (χ0v) is 16.8. The molecule has 0 saturated heterocycles. The van der Waals surface area contributed by atoms with Gasteiger partial charge in [-0.05, 0) is 30.4 Å². The molecule has 3 rings (SSSR count). The molecule has 0 fully saturated rings. The summed E-state index contributed by atoms with van der Waals surface area (Å²) in [5.74, 6) is -0.925. The molecule has 0 unspecified atom stereocenters. The average Bonchev–Trinajstić information content (AvgIpc) is 3.13. The van der Waals surface area contributed by atoms with Gasteiger partial charge in [-0.15, -0.1) is 0 Å². The van der Waals surface area contributed by atoms with E-state index in [9.17, 15) is 9.59 Å². The van der Waals surface area contributed by atoms with Crippen LogP contribution in [0.3, 0.4) is 0 Å². The zero-order chi connectivity index (χ0) is 20.1. The van der Waals surface area contributed by atoms with Crippen LogP contribution in [-0.4, -0.2) is 30.6 Å². The first kappa shape index (κ1) is 19.9. The summed E-state index contributed by atoms with van der Waals surface area (Å²) in [6.45, 7) is 2.20. The van der Waals surface area contributed by atoms with Gasteiger partial charge in [0.05, 0.1) is 25.3 Å². The van der Waals surface area contributed by atoms with E-state index in [0.717, 1.165) is 35.7 Å². The van der Waals surface area contributed by atoms with Gasteiger partial charge >= 0.3 is 11.9 Å². The smallest absolute Gasteiger partial charge is 0.355 e. The summed E-state index contributed by atoms with van der Waals surface area (Å²) >= 11 is 0. The second kappa shape index (κ2) is 8.91. The van der Waals surface area contributed by atoms with E-state index >= 15 is 0 Å². The zero-order valence-electron chi connectivity index (χ0n) is 16.8. The number of hydrogen-bond acceptors (Lipinski definition) is 4. The van der Waals surface area contributed by atoms with Crippen LogP contribution in [0.15, 0.2) is 36.4 Å². The lowest BCUT2D eigenvalue weighted by Crippen LogP contribution is -2.09. The minimum Gasteiger partial charge on any atom is -0.465 e. The number of fused-ring (bicyclic) bond motifs is 3. The van der Waals surface area contributed by atoms with Crippen molar-refractivity contribution in [1.29, 1.82) is 0 Å². The molecule has 0 radical (unpaired) electrons. The number of methoxy groups -OCH3 is 2. The number of esters is 2. The number of ether oxygens (including phenoxy) is 2. The summed E-state index contributed by atoms with van der Waals surface area (Å²) in [6, 6.07) is 11.6. The Bertz CT molecular complexity index is 1000. The summed E-state index contributed by atoms with van der Waals surface area (Å²) in [6.07, 6.45) is 6.63. The highest BCUT2D eigenvalue weighted by molar-refractivity contribution is 6.10. The molecule has 28 heavy (non-hydrogen) atoms. The van der Waals surface area contributed by atoms with Crippen molar-refractivity contribution in [2.45, 2.75) is 45.4 Å². The molecule has 1 aromatic carbocycles. The minimum atomic E-state index is -0.465. The topological polar surface area (TPSA) is 57.0 Å². The number of rotatable bonds is 8. The second-order valence-electron chi connectivity index (χ2n) is 7.00. The Morgan fingerprint density at radius 1 is 0.929 bits per heavy atom. The standard InChI is InChI=1S/C23H27NO4/c1-4-5-6-7-8-12-17-14-16-11-9-10-13-18(16)21-19(22(25)27-2)15-20(24(17)21)23(26)28-3/h9-11,13-15H,4-8,12H2,1-3H3. The van der Waals surface area contributed by atoms with Crippen molar-refractivity contribution < 1.29 is 19.1 Å². The molecule has 3 aromatic rings. The third kappa shape index (κ3) is 3.75. The Hall–Kier alpha value is -2.82. The summed E-state index contributed by atoms with van der Waals surface area (Å²) in [7, 11) is 2.70. The van der Waals surface area contributed by atoms with Crippen molar-refractivity contribution in [2.75, 3.05) is 14.2 Å². The summed E-state index contributed by atoms with van der Waals surface area (Å²) in [5, 5.41) is 1.95. The molecule has 0 N–H and O–H groups in total. The number of carbonyl (C=O) groups is 2. The number of nitrogens with zero attached hydrogens (tertiary/aromatic N) is 1. The molecule has 0 spiro atoms. The van der Waals surface area contributed by atoms with Crippen LogP contribution in [0.2, 0.25) is 0 Å². The fourth-order valence-electron chi connectivity index (χ4n) is 3.77. The van der Waals surface area contributed by atoms with Crippen molar-refractivity contribution >= 4 is 28.2 Å². The molecule has 0 aliphatic rings. The molecular formula is C23H27NO4. The van der Waals surface area contributed by atoms with E-state index in [4.69, 9.17) is 9.47 Å². The van der Waals surface area contributed by atoms with Crippen LogP contribution in [0.1, 0.15) is 65.6 Å². The van der Waals surface area contributed by atoms with E-state index < -0.39 is 11.9 Å². The SMILES string of the molecule is CCCCCCCc1cc2ccccc2c2c(C(=O)OC)cc(C(=O)OC)n12. The number of aromatic nitrogens is 1. The molecule has 148 valence electrons. The predicted molar refractivity (Wildman–Crippen MR) is 110 cm³/mol. The van der Waals surface area contributed by atoms with Crippen molar-refractivity contribution in [2.24, 2.45) is 0 Å². The third-order valence-electron chi connectivity index (χ3n) is 5.16. The van der Waals surface area contributed by atoms with E-state index in [1.165, 1.54) is 33.5 Å². The van der Waals surface area contributed by atoms with Crippen LogP contribution in [0.25, 0.3) is 16.3 Å². The quantitative estimate of drug-likeness (QED) is 0.398. The molecule has 0 saturated carbocycles. The van der Waals surface area contributed by atoms with Crippen LogP contribution in [0.4, 0.5) is 0 Å². The molecule has 2 aromatic heterocycles. The van der Waals surface area contributed by atoms with E-state index in [2.05, 4.69) is 13.0 Å². The van der Waals surface area contributed by atoms with E-state index in [1.807, 2.05) is 28.7 Å². The minimum absolute atomic E-state index is 0.354. The van der Waals surface area contributed by atoms with Crippen LogP contribution in [0.5, 0.6) is 0 Å². The number of carbonyl (C=O) groups excluding carboxylic acids is 2. The molecular weight excluding hydrogens is 354 g/mol. The second-order valence-corrected chi connectivity index (χ2v) is 7.00. The Morgan fingerprint density at radius 3 is 2.36 bits per heavy atom. The Morgan fingerprint density at radius 2 is 1.64 bits per heavy atom. The lowest BCUT2D eigenvalue weighted by molar-refractivity contribution is 0.0592. The first-order chi connectivity index (χ1) is 13.6. The normalized spacial score (nSPS) is 11.1. The van der Waals surface area contributed by atoms with E-state index in [1.54, 1.807) is 6.07 Å². The predicted octanol–water partition coefficient (Wildman–Crippen LogP) is 5.18. The van der Waals surface area contributed by atoms with Gasteiger partial charge in [0.25, 0.3) is 0 Å². The average molecular weight is 381 g/mol. The first-order valence-electron chi connectivity index (χ1n) is 9.85. The maximum atomic E-state index is 12.5. The van der Waals surface area contributed by atoms with Gasteiger partial charge in [-0.2, -0.15) is 0 Å². The molecule has 0 bridgehead atoms. The molecule has 0 aliphatic heterocycles. The molecule has 0 aliphatic carbocycles. The van der Waals surface area contributed by atoms with Crippen LogP contribution in [0, 0.1) is 0 Å². The largest absolute Gasteiger partial charge is 0.465 e. The van der Waals surface area contributed by atoms with E-state index in [-0.39, 0.29) is 0 Å². The summed E-state index contributed by atoms with van der Waals surface area (Å²) in [4.78, 5) is 24.9. The Balaban J connectivity index is 2.21. The summed E-state index contributed by atoms with van der Waals surface area (Å²) in [5.41, 5.74) is 2.44. The van der Waals surface area contributed by atoms with Gasteiger partial charge in [0, 0.05) is 11.1 Å². The maximum absolute atomic E-state index is 12.5. The first-order valence-corrected chi connectivity index (χ1v) is 9.85. The lowest BCUT2D eigenvalue weighted by atomic mass is 10.0. The van der Waals surface area contributed by atoms with Crippen LogP contribution in [-0.2, 0) is 15.9 Å². The monoisotopic (exact) mass is 381 g/mol. The number of aryl methyl sites for hydroxylation is 1. The highest BCUT2D eigenvalue weighted by Crippen LogP contribution is 2.30. The van der Waals surface area contributed by atoms with Gasteiger partial charge in [-0.3, -0.25) is 0 Å². The van der Waals surface area contributed by atoms with Crippen molar-refractivity contribution in [3.8, 4) is 0 Å². The maximum Gasteiger partial charge on any atom is 0.355 e. The Kier molecular flexibility index (Phi) is 6.34. The van der Waals surface area contributed by atoms with Crippen LogP contribution < -0.4 is 0 Å². The van der Waals surface area contributed by atoms with Gasteiger partial charge in [0.1, 0.15) is 5.69 Å².